The first-order valence-electron chi connectivity index (χ1n) is 6.14. The average Bonchev–Trinajstić information content (AvgIpc) is 2.92. The molecule has 1 atom stereocenters. The largest absolute Gasteiger partial charge is 0.383 e. The number of nitrogens with zero attached hydrogens (tertiary/aromatic N) is 2. The Morgan fingerprint density at radius 3 is 3.06 bits per heavy atom. The molecule has 0 bridgehead atoms. The molecule has 18 heavy (non-hydrogen) atoms. The summed E-state index contributed by atoms with van der Waals surface area (Å²) in [7, 11) is 0. The third-order valence-electron chi connectivity index (χ3n) is 3.18. The number of aromatic nitrogens is 2. The molecule has 3 rings (SSSR count). The Labute approximate surface area is 114 Å². The zero-order chi connectivity index (χ0) is 12.5. The van der Waals surface area contributed by atoms with Gasteiger partial charge >= 0.3 is 0 Å². The smallest absolute Gasteiger partial charge is 0.142 e. The lowest BCUT2D eigenvalue weighted by Gasteiger charge is -2.10. The summed E-state index contributed by atoms with van der Waals surface area (Å²) in [5.41, 5.74) is 7.17. The Morgan fingerprint density at radius 2 is 2.39 bits per heavy atom. The number of thiazole rings is 1. The van der Waals surface area contributed by atoms with Gasteiger partial charge in [-0.1, -0.05) is 6.92 Å². The Hall–Kier alpha value is -1.14. The van der Waals surface area contributed by atoms with Crippen LogP contribution in [-0.2, 0) is 0 Å². The molecule has 6 heteroatoms. The zero-order valence-electron chi connectivity index (χ0n) is 10.2. The predicted molar refractivity (Wildman–Crippen MR) is 77.5 cm³/mol. The van der Waals surface area contributed by atoms with E-state index in [1.165, 1.54) is 34.9 Å². The van der Waals surface area contributed by atoms with Crippen LogP contribution in [-0.4, -0.2) is 15.9 Å². The molecular formula is C12H16N4S2. The minimum absolute atomic E-state index is 0.417. The lowest BCUT2D eigenvalue weighted by Crippen LogP contribution is -2.09. The molecule has 0 amide bonds. The van der Waals surface area contributed by atoms with Crippen molar-refractivity contribution in [1.29, 1.82) is 0 Å². The lowest BCUT2D eigenvalue weighted by molar-refractivity contribution is 0.795. The summed E-state index contributed by atoms with van der Waals surface area (Å²) < 4.78 is 4.26. The normalized spacial score (nSPS) is 16.7. The van der Waals surface area contributed by atoms with E-state index in [9.17, 15) is 0 Å². The van der Waals surface area contributed by atoms with Crippen molar-refractivity contribution < 1.29 is 0 Å². The molecule has 0 saturated heterocycles. The third-order valence-corrected chi connectivity index (χ3v) is 5.03. The maximum Gasteiger partial charge on any atom is 0.142 e. The van der Waals surface area contributed by atoms with Crippen molar-refractivity contribution >= 4 is 33.7 Å². The Kier molecular flexibility index (Phi) is 3.22. The summed E-state index contributed by atoms with van der Waals surface area (Å²) in [6, 6.07) is 0. The van der Waals surface area contributed by atoms with E-state index in [2.05, 4.69) is 21.6 Å². The van der Waals surface area contributed by atoms with E-state index in [-0.39, 0.29) is 0 Å². The minimum Gasteiger partial charge on any atom is -0.383 e. The highest BCUT2D eigenvalue weighted by molar-refractivity contribution is 7.10. The van der Waals surface area contributed by atoms with Gasteiger partial charge in [0.05, 0.1) is 5.01 Å². The predicted octanol–water partition coefficient (Wildman–Crippen LogP) is 3.27. The third kappa shape index (κ3) is 2.35. The van der Waals surface area contributed by atoms with Crippen LogP contribution in [0, 0.1) is 0 Å². The highest BCUT2D eigenvalue weighted by Crippen LogP contribution is 2.47. The van der Waals surface area contributed by atoms with Crippen molar-refractivity contribution in [3.8, 4) is 0 Å². The monoisotopic (exact) mass is 280 g/mol. The topological polar surface area (TPSA) is 63.8 Å². The number of nitrogens with one attached hydrogen (secondary N) is 1. The van der Waals surface area contributed by atoms with Gasteiger partial charge in [-0.2, -0.15) is 4.37 Å². The van der Waals surface area contributed by atoms with E-state index in [4.69, 9.17) is 5.73 Å². The van der Waals surface area contributed by atoms with Crippen LogP contribution in [0.5, 0.6) is 0 Å². The molecule has 1 aliphatic rings. The number of nitrogen functional groups attached to an aromatic ring is 1. The van der Waals surface area contributed by atoms with E-state index in [0.29, 0.717) is 17.7 Å². The number of hydrogen-bond acceptors (Lipinski definition) is 6. The molecule has 4 nitrogen and oxygen atoms in total. The molecule has 0 radical (unpaired) electrons. The standard InChI is InChI=1S/C12H16N4S2/c1-7(11-14-4-5-17-11)6-15-12-9(8-2-3-8)10(13)16-18-12/h4-5,7-8,15H,2-3,6H2,1H3,(H2,13,16). The molecule has 0 aromatic carbocycles. The van der Waals surface area contributed by atoms with Gasteiger partial charge in [0.1, 0.15) is 10.8 Å². The fourth-order valence-corrected chi connectivity index (χ4v) is 3.52. The molecule has 3 N–H and O–H groups in total. The number of anilines is 2. The molecule has 1 fully saturated rings. The second-order valence-corrected chi connectivity index (χ2v) is 6.44. The van der Waals surface area contributed by atoms with Gasteiger partial charge in [0.25, 0.3) is 0 Å². The molecule has 0 aliphatic heterocycles. The van der Waals surface area contributed by atoms with E-state index in [0.717, 1.165) is 11.5 Å². The van der Waals surface area contributed by atoms with Crippen LogP contribution in [0.2, 0.25) is 0 Å². The van der Waals surface area contributed by atoms with Gasteiger partial charge in [-0.25, -0.2) is 4.98 Å². The number of rotatable bonds is 5. The Balaban J connectivity index is 1.66. The van der Waals surface area contributed by atoms with Crippen molar-refractivity contribution in [2.45, 2.75) is 31.6 Å². The molecule has 1 unspecified atom stereocenters. The van der Waals surface area contributed by atoms with Crippen LogP contribution in [0.25, 0.3) is 0 Å². The van der Waals surface area contributed by atoms with Crippen molar-refractivity contribution in [1.82, 2.24) is 9.36 Å². The van der Waals surface area contributed by atoms with Gasteiger partial charge < -0.3 is 11.1 Å². The first-order valence-corrected chi connectivity index (χ1v) is 7.79. The number of hydrogen-bond donors (Lipinski definition) is 2. The van der Waals surface area contributed by atoms with Gasteiger partial charge in [0.15, 0.2) is 0 Å². The maximum absolute atomic E-state index is 5.93. The van der Waals surface area contributed by atoms with Crippen molar-refractivity contribution in [2.75, 3.05) is 17.6 Å². The summed E-state index contributed by atoms with van der Waals surface area (Å²) in [5.74, 6) is 1.77. The van der Waals surface area contributed by atoms with Crippen LogP contribution in [0.4, 0.5) is 10.8 Å². The fraction of sp³-hybridized carbons (Fsp3) is 0.500. The molecule has 2 heterocycles. The quantitative estimate of drug-likeness (QED) is 0.882. The summed E-state index contributed by atoms with van der Waals surface area (Å²) in [4.78, 5) is 4.35. The second-order valence-electron chi connectivity index (χ2n) is 4.74. The average molecular weight is 280 g/mol. The first-order chi connectivity index (χ1) is 8.75. The van der Waals surface area contributed by atoms with Gasteiger partial charge in [-0.15, -0.1) is 11.3 Å². The molecule has 2 aromatic rings. The molecule has 96 valence electrons. The van der Waals surface area contributed by atoms with Crippen LogP contribution in [0.15, 0.2) is 11.6 Å². The summed E-state index contributed by atoms with van der Waals surface area (Å²) in [6.07, 6.45) is 4.36. The van der Waals surface area contributed by atoms with Crippen molar-refractivity contribution in [2.24, 2.45) is 0 Å². The minimum atomic E-state index is 0.417. The van der Waals surface area contributed by atoms with Gasteiger partial charge in [-0.05, 0) is 30.3 Å². The second kappa shape index (κ2) is 4.85. The van der Waals surface area contributed by atoms with E-state index in [1.54, 1.807) is 11.3 Å². The lowest BCUT2D eigenvalue weighted by atomic mass is 10.2. The Morgan fingerprint density at radius 1 is 1.56 bits per heavy atom. The molecule has 0 spiro atoms. The maximum atomic E-state index is 5.93. The molecule has 1 aliphatic carbocycles. The molecule has 1 saturated carbocycles. The molecule has 2 aromatic heterocycles. The van der Waals surface area contributed by atoms with Crippen LogP contribution in [0.3, 0.4) is 0 Å². The van der Waals surface area contributed by atoms with Crippen molar-refractivity contribution in [3.63, 3.8) is 0 Å². The van der Waals surface area contributed by atoms with Crippen LogP contribution < -0.4 is 11.1 Å². The summed E-state index contributed by atoms with van der Waals surface area (Å²) >= 11 is 3.19. The molecular weight excluding hydrogens is 264 g/mol. The highest BCUT2D eigenvalue weighted by atomic mass is 32.1. The fourth-order valence-electron chi connectivity index (χ4n) is 2.01. The van der Waals surface area contributed by atoms with E-state index in [1.807, 2.05) is 11.6 Å². The SMILES string of the molecule is CC(CNc1snc(N)c1C1CC1)c1nccs1. The highest BCUT2D eigenvalue weighted by Gasteiger charge is 2.30. The Bertz CT molecular complexity index is 516. The first kappa shape index (κ1) is 11.9. The van der Waals surface area contributed by atoms with Crippen molar-refractivity contribution in [3.05, 3.63) is 22.1 Å². The van der Waals surface area contributed by atoms with Gasteiger partial charge in [-0.3, -0.25) is 0 Å². The van der Waals surface area contributed by atoms with Gasteiger partial charge in [0.2, 0.25) is 0 Å². The summed E-state index contributed by atoms with van der Waals surface area (Å²) in [5, 5.41) is 7.83. The zero-order valence-corrected chi connectivity index (χ0v) is 11.9. The van der Waals surface area contributed by atoms with Crippen LogP contribution in [0.1, 0.15) is 42.2 Å². The van der Waals surface area contributed by atoms with E-state index < -0.39 is 0 Å². The summed E-state index contributed by atoms with van der Waals surface area (Å²) in [6.45, 7) is 3.07. The van der Waals surface area contributed by atoms with Gasteiger partial charge in [0, 0.05) is 29.6 Å². The van der Waals surface area contributed by atoms with E-state index >= 15 is 0 Å². The number of nitrogens with two attached hydrogens (primary N) is 1. The van der Waals surface area contributed by atoms with Crippen LogP contribution >= 0.6 is 22.9 Å².